The number of sulfonamides is 1. The summed E-state index contributed by atoms with van der Waals surface area (Å²) in [5.41, 5.74) is 1.93. The third-order valence-electron chi connectivity index (χ3n) is 6.52. The summed E-state index contributed by atoms with van der Waals surface area (Å²) in [4.78, 5) is 25.3. The number of nitrogens with zero attached hydrogens (tertiary/aromatic N) is 1. The molecule has 10 nitrogen and oxygen atoms in total. The minimum Gasteiger partial charge on any atom is -0.487 e. The average Bonchev–Trinajstić information content (AvgIpc) is 3.27. The molecule has 0 atom stereocenters. The number of nitrogens with one attached hydrogen (secondary N) is 1. The maximum Gasteiger partial charge on any atom is 0.345 e. The first-order chi connectivity index (χ1) is 19.3. The summed E-state index contributed by atoms with van der Waals surface area (Å²) in [6.07, 6.45) is 1.05. The van der Waals surface area contributed by atoms with Gasteiger partial charge in [0.25, 0.3) is 5.91 Å². The van der Waals surface area contributed by atoms with Crippen LogP contribution in [-0.4, -0.2) is 46.4 Å². The maximum absolute atomic E-state index is 13.6. The number of amides is 1. The van der Waals surface area contributed by atoms with Crippen molar-refractivity contribution in [3.05, 3.63) is 77.1 Å². The van der Waals surface area contributed by atoms with Crippen molar-refractivity contribution in [2.45, 2.75) is 26.2 Å². The molecule has 41 heavy (non-hydrogen) atoms. The van der Waals surface area contributed by atoms with E-state index >= 15 is 0 Å². The quantitative estimate of drug-likeness (QED) is 0.307. The van der Waals surface area contributed by atoms with E-state index in [0.29, 0.717) is 22.3 Å². The highest BCUT2D eigenvalue weighted by atomic mass is 32.2. The molecule has 12 heteroatoms. The van der Waals surface area contributed by atoms with Crippen molar-refractivity contribution in [1.29, 1.82) is 0 Å². The second kappa shape index (κ2) is 10.1. The van der Waals surface area contributed by atoms with Crippen molar-refractivity contribution in [3.8, 4) is 22.8 Å². The molecular weight excluding hydrogens is 555 g/mol. The molecule has 0 fully saturated rings. The summed E-state index contributed by atoms with van der Waals surface area (Å²) in [6, 6.07) is 13.3. The van der Waals surface area contributed by atoms with Crippen LogP contribution in [-0.2, 0) is 21.4 Å². The summed E-state index contributed by atoms with van der Waals surface area (Å²) >= 11 is 0. The number of hydrogen-bond acceptors (Lipinski definition) is 8. The number of rotatable bonds is 7. The van der Waals surface area contributed by atoms with Crippen LogP contribution in [0.4, 0.5) is 10.1 Å². The van der Waals surface area contributed by atoms with E-state index in [1.807, 2.05) is 0 Å². The van der Waals surface area contributed by atoms with E-state index in [4.69, 9.17) is 18.6 Å². The Balaban J connectivity index is 1.61. The van der Waals surface area contributed by atoms with Crippen LogP contribution in [0.1, 0.15) is 40.1 Å². The fourth-order valence-corrected chi connectivity index (χ4v) is 4.94. The highest BCUT2D eigenvalue weighted by Crippen LogP contribution is 2.41. The van der Waals surface area contributed by atoms with Crippen molar-refractivity contribution in [3.63, 3.8) is 0 Å². The number of carbonyl (C=O) groups excluding carboxylic acids is 2. The highest BCUT2D eigenvalue weighted by molar-refractivity contribution is 7.92. The van der Waals surface area contributed by atoms with E-state index in [2.05, 4.69) is 5.32 Å². The molecule has 1 aromatic heterocycles. The van der Waals surface area contributed by atoms with E-state index in [9.17, 15) is 22.4 Å². The molecule has 214 valence electrons. The number of fused-ring (bicyclic) bond motifs is 2. The Kier molecular flexibility index (Phi) is 6.90. The highest BCUT2D eigenvalue weighted by Gasteiger charge is 2.34. The van der Waals surface area contributed by atoms with E-state index in [1.54, 1.807) is 32.0 Å². The molecule has 4 aromatic rings. The lowest BCUT2D eigenvalue weighted by Gasteiger charge is -2.31. The number of anilines is 1. The van der Waals surface area contributed by atoms with E-state index < -0.39 is 33.5 Å². The summed E-state index contributed by atoms with van der Waals surface area (Å²) in [6.45, 7) is 3.21. The smallest absolute Gasteiger partial charge is 0.345 e. The molecule has 0 saturated carbocycles. The molecule has 1 aliphatic rings. The maximum atomic E-state index is 13.6. The Morgan fingerprint density at radius 3 is 2.44 bits per heavy atom. The zero-order chi connectivity index (χ0) is 29.7. The molecule has 0 bridgehead atoms. The van der Waals surface area contributed by atoms with Crippen LogP contribution in [0.5, 0.6) is 11.5 Å². The van der Waals surface area contributed by atoms with Gasteiger partial charge in [-0.05, 0) is 48.0 Å². The molecule has 0 saturated heterocycles. The lowest BCUT2D eigenvalue weighted by atomic mass is 10.0. The predicted octanol–water partition coefficient (Wildman–Crippen LogP) is 4.86. The average molecular weight is 583 g/mol. The molecule has 0 spiro atoms. The standard InChI is InChI=1S/C29H27FN2O8S/c1-29(2)39-23-12-16(6-11-19(23)28(34)40-29)15-37-24-13-20-22(14-21(24)32(4)41(5,35)36)38-26(25(20)27(33)31-3)17-7-9-18(30)10-8-17/h6-14H,15H2,1-5H3,(H,31,33). The third kappa shape index (κ3) is 5.42. The SMILES string of the molecule is CNC(=O)c1c(-c2ccc(F)cc2)oc2cc(N(C)S(C)(=O)=O)c(OCc3ccc4c(c3)OC(C)(C)OC4=O)cc12. The number of esters is 1. The van der Waals surface area contributed by atoms with Gasteiger partial charge in [0.15, 0.2) is 0 Å². The third-order valence-corrected chi connectivity index (χ3v) is 7.71. The Hall–Kier alpha value is -4.58. The molecule has 5 rings (SSSR count). The van der Waals surface area contributed by atoms with E-state index in [0.717, 1.165) is 10.6 Å². The predicted molar refractivity (Wildman–Crippen MR) is 149 cm³/mol. The minimum atomic E-state index is -3.72. The van der Waals surface area contributed by atoms with Crippen molar-refractivity contribution in [1.82, 2.24) is 5.32 Å². The van der Waals surface area contributed by atoms with Gasteiger partial charge < -0.3 is 23.9 Å². The van der Waals surface area contributed by atoms with Crippen LogP contribution in [0, 0.1) is 5.82 Å². The van der Waals surface area contributed by atoms with E-state index in [1.165, 1.54) is 50.5 Å². The summed E-state index contributed by atoms with van der Waals surface area (Å²) in [5.74, 6) is -1.89. The molecule has 0 radical (unpaired) electrons. The second-order valence-electron chi connectivity index (χ2n) is 9.95. The van der Waals surface area contributed by atoms with Gasteiger partial charge in [-0.15, -0.1) is 0 Å². The van der Waals surface area contributed by atoms with Gasteiger partial charge in [-0.2, -0.15) is 0 Å². The zero-order valence-electron chi connectivity index (χ0n) is 22.9. The largest absolute Gasteiger partial charge is 0.487 e. The monoisotopic (exact) mass is 582 g/mol. The van der Waals surface area contributed by atoms with Gasteiger partial charge in [0.2, 0.25) is 15.8 Å². The van der Waals surface area contributed by atoms with Crippen molar-refractivity contribution in [2.24, 2.45) is 0 Å². The second-order valence-corrected chi connectivity index (χ2v) is 12.0. The van der Waals surface area contributed by atoms with Crippen LogP contribution in [0.15, 0.2) is 59.0 Å². The van der Waals surface area contributed by atoms with Crippen molar-refractivity contribution < 1.29 is 41.0 Å². The molecule has 1 aliphatic heterocycles. The molecule has 1 N–H and O–H groups in total. The molecule has 2 heterocycles. The van der Waals surface area contributed by atoms with Gasteiger partial charge in [0, 0.05) is 45.0 Å². The fourth-order valence-electron chi connectivity index (χ4n) is 4.44. The number of hydrogen-bond donors (Lipinski definition) is 1. The number of cyclic esters (lactones) is 1. The molecule has 0 aliphatic carbocycles. The molecule has 0 unspecified atom stereocenters. The summed E-state index contributed by atoms with van der Waals surface area (Å²) < 4.78 is 62.8. The number of ether oxygens (including phenoxy) is 3. The van der Waals surface area contributed by atoms with Gasteiger partial charge in [-0.3, -0.25) is 9.10 Å². The first-order valence-corrected chi connectivity index (χ1v) is 14.3. The van der Waals surface area contributed by atoms with Gasteiger partial charge in [-0.25, -0.2) is 17.6 Å². The first-order valence-electron chi connectivity index (χ1n) is 12.5. The van der Waals surface area contributed by atoms with Crippen LogP contribution >= 0.6 is 0 Å². The Morgan fingerprint density at radius 1 is 1.07 bits per heavy atom. The Labute approximate surface area is 235 Å². The number of benzene rings is 3. The van der Waals surface area contributed by atoms with Gasteiger partial charge >= 0.3 is 5.97 Å². The Morgan fingerprint density at radius 2 is 1.78 bits per heavy atom. The van der Waals surface area contributed by atoms with Gasteiger partial charge in [0.1, 0.15) is 40.8 Å². The summed E-state index contributed by atoms with van der Waals surface area (Å²) in [5, 5.41) is 2.95. The van der Waals surface area contributed by atoms with Crippen molar-refractivity contribution >= 4 is 38.6 Å². The number of carbonyl (C=O) groups is 2. The minimum absolute atomic E-state index is 0.0276. The van der Waals surface area contributed by atoms with Crippen LogP contribution in [0.25, 0.3) is 22.3 Å². The van der Waals surface area contributed by atoms with Gasteiger partial charge in [0.05, 0.1) is 17.5 Å². The lowest BCUT2D eigenvalue weighted by Crippen LogP contribution is -2.38. The van der Waals surface area contributed by atoms with Crippen LogP contribution in [0.3, 0.4) is 0 Å². The topological polar surface area (TPSA) is 124 Å². The van der Waals surface area contributed by atoms with E-state index in [-0.39, 0.29) is 40.5 Å². The normalized spacial score (nSPS) is 14.1. The first kappa shape index (κ1) is 28.0. The molecule has 3 aromatic carbocycles. The van der Waals surface area contributed by atoms with Crippen molar-refractivity contribution in [2.75, 3.05) is 24.7 Å². The zero-order valence-corrected chi connectivity index (χ0v) is 23.7. The fraction of sp³-hybridized carbons (Fsp3) is 0.241. The van der Waals surface area contributed by atoms with Crippen LogP contribution in [0.2, 0.25) is 0 Å². The number of furan rings is 1. The molecular formula is C29H27FN2O8S. The van der Waals surface area contributed by atoms with Gasteiger partial charge in [-0.1, -0.05) is 6.07 Å². The van der Waals surface area contributed by atoms with Crippen LogP contribution < -0.4 is 19.1 Å². The Bertz CT molecular complexity index is 1800. The lowest BCUT2D eigenvalue weighted by molar-refractivity contribution is -0.127. The summed E-state index contributed by atoms with van der Waals surface area (Å²) in [7, 11) is -0.888. The number of halogens is 1. The molecule has 1 amide bonds.